The summed E-state index contributed by atoms with van der Waals surface area (Å²) in [6.07, 6.45) is 3.18. The fraction of sp³-hybridized carbons (Fsp3) is 0.409. The number of piperazine rings is 1. The summed E-state index contributed by atoms with van der Waals surface area (Å²) in [5.74, 6) is 0.707. The van der Waals surface area contributed by atoms with E-state index in [9.17, 15) is 9.59 Å². The molecule has 7 nitrogen and oxygen atoms in total. The summed E-state index contributed by atoms with van der Waals surface area (Å²) in [5.41, 5.74) is 1.83. The van der Waals surface area contributed by atoms with Crippen molar-refractivity contribution in [2.75, 3.05) is 44.2 Å². The third-order valence-electron chi connectivity index (χ3n) is 4.91. The molecule has 0 saturated carbocycles. The number of nitrogens with zero attached hydrogens (tertiary/aromatic N) is 3. The number of benzene rings is 1. The molecule has 29 heavy (non-hydrogen) atoms. The van der Waals surface area contributed by atoms with Gasteiger partial charge in [0.15, 0.2) is 0 Å². The van der Waals surface area contributed by atoms with E-state index in [4.69, 9.17) is 4.74 Å². The van der Waals surface area contributed by atoms with Crippen LogP contribution in [-0.4, -0.2) is 61.2 Å². The molecule has 154 valence electrons. The van der Waals surface area contributed by atoms with Crippen LogP contribution in [0, 0.1) is 0 Å². The lowest BCUT2D eigenvalue weighted by Crippen LogP contribution is -2.49. The Morgan fingerprint density at radius 3 is 2.48 bits per heavy atom. The van der Waals surface area contributed by atoms with Crippen molar-refractivity contribution in [3.05, 3.63) is 59.8 Å². The smallest absolute Gasteiger partial charge is 0.409 e. The van der Waals surface area contributed by atoms with Crippen LogP contribution in [0.1, 0.15) is 29.3 Å². The van der Waals surface area contributed by atoms with E-state index in [-0.39, 0.29) is 12.0 Å². The molecule has 2 heterocycles. The minimum Gasteiger partial charge on any atom is -0.450 e. The summed E-state index contributed by atoms with van der Waals surface area (Å²) in [7, 11) is 0. The second-order valence-electron chi connectivity index (χ2n) is 6.92. The summed E-state index contributed by atoms with van der Waals surface area (Å²) in [4.78, 5) is 32.3. The Bertz CT molecular complexity index is 787. The monoisotopic (exact) mass is 396 g/mol. The predicted molar refractivity (Wildman–Crippen MR) is 112 cm³/mol. The van der Waals surface area contributed by atoms with Gasteiger partial charge in [-0.25, -0.2) is 9.78 Å². The first-order valence-electron chi connectivity index (χ1n) is 10.1. The quantitative estimate of drug-likeness (QED) is 0.729. The second kappa shape index (κ2) is 10.5. The van der Waals surface area contributed by atoms with Gasteiger partial charge in [-0.15, -0.1) is 0 Å². The van der Waals surface area contributed by atoms with E-state index in [1.807, 2.05) is 24.3 Å². The molecule has 1 fully saturated rings. The van der Waals surface area contributed by atoms with E-state index >= 15 is 0 Å². The number of pyridine rings is 1. The summed E-state index contributed by atoms with van der Waals surface area (Å²) in [6.45, 7) is 5.41. The number of amides is 2. The molecule has 2 aromatic rings. The molecule has 1 N–H and O–H groups in total. The van der Waals surface area contributed by atoms with E-state index in [0.717, 1.165) is 18.7 Å². The molecule has 2 amide bonds. The van der Waals surface area contributed by atoms with Crippen molar-refractivity contribution in [1.82, 2.24) is 15.2 Å². The molecule has 0 bridgehead atoms. The zero-order valence-corrected chi connectivity index (χ0v) is 16.8. The Kier molecular flexibility index (Phi) is 7.44. The van der Waals surface area contributed by atoms with E-state index in [1.54, 1.807) is 24.1 Å². The number of hydrogen-bond donors (Lipinski definition) is 1. The third kappa shape index (κ3) is 5.94. The number of anilines is 1. The minimum atomic E-state index is -0.264. The molecule has 0 unspecified atom stereocenters. The maximum atomic E-state index is 12.3. The zero-order valence-electron chi connectivity index (χ0n) is 16.8. The van der Waals surface area contributed by atoms with E-state index in [0.29, 0.717) is 44.9 Å². The van der Waals surface area contributed by atoms with Gasteiger partial charge >= 0.3 is 6.09 Å². The van der Waals surface area contributed by atoms with Crippen LogP contribution in [0.5, 0.6) is 0 Å². The Hall–Kier alpha value is -3.09. The van der Waals surface area contributed by atoms with Crippen LogP contribution in [0.4, 0.5) is 10.6 Å². The van der Waals surface area contributed by atoms with Gasteiger partial charge in [0.05, 0.1) is 12.2 Å². The van der Waals surface area contributed by atoms with Crippen LogP contribution >= 0.6 is 0 Å². The molecule has 1 aliphatic heterocycles. The molecule has 3 rings (SSSR count). The number of carbonyl (C=O) groups excluding carboxylic acids is 2. The molecular formula is C22H28N4O3. The summed E-state index contributed by atoms with van der Waals surface area (Å²) in [6, 6.07) is 13.9. The average Bonchev–Trinajstić information content (AvgIpc) is 2.78. The number of carbonyl (C=O) groups is 2. The molecule has 0 aliphatic carbocycles. The third-order valence-corrected chi connectivity index (χ3v) is 4.91. The highest BCUT2D eigenvalue weighted by molar-refractivity contribution is 5.94. The van der Waals surface area contributed by atoms with Gasteiger partial charge in [-0.2, -0.15) is 0 Å². The maximum Gasteiger partial charge on any atom is 0.409 e. The first-order chi connectivity index (χ1) is 14.2. The highest BCUT2D eigenvalue weighted by Crippen LogP contribution is 2.14. The summed E-state index contributed by atoms with van der Waals surface area (Å²) >= 11 is 0. The zero-order chi connectivity index (χ0) is 20.5. The number of hydrogen-bond acceptors (Lipinski definition) is 5. The summed E-state index contributed by atoms with van der Waals surface area (Å²) < 4.78 is 5.04. The van der Waals surface area contributed by atoms with Crippen molar-refractivity contribution in [1.29, 1.82) is 0 Å². The van der Waals surface area contributed by atoms with E-state index < -0.39 is 0 Å². The van der Waals surface area contributed by atoms with Crippen molar-refractivity contribution in [3.8, 4) is 0 Å². The van der Waals surface area contributed by atoms with Crippen molar-refractivity contribution >= 4 is 17.8 Å². The number of rotatable bonds is 7. The van der Waals surface area contributed by atoms with Gasteiger partial charge in [0.25, 0.3) is 5.91 Å². The first kappa shape index (κ1) is 20.6. The molecule has 1 saturated heterocycles. The van der Waals surface area contributed by atoms with Gasteiger partial charge in [-0.3, -0.25) is 4.79 Å². The van der Waals surface area contributed by atoms with Crippen molar-refractivity contribution < 1.29 is 14.3 Å². The second-order valence-corrected chi connectivity index (χ2v) is 6.92. The van der Waals surface area contributed by atoms with Gasteiger partial charge in [-0.05, 0) is 37.5 Å². The lowest BCUT2D eigenvalue weighted by atomic mass is 10.1. The number of nitrogens with one attached hydrogen (secondary N) is 1. The van der Waals surface area contributed by atoms with Crippen LogP contribution in [0.25, 0.3) is 0 Å². The van der Waals surface area contributed by atoms with Gasteiger partial charge in [0.1, 0.15) is 5.82 Å². The molecule has 1 aliphatic rings. The maximum absolute atomic E-state index is 12.3. The summed E-state index contributed by atoms with van der Waals surface area (Å²) in [5, 5.41) is 2.95. The highest BCUT2D eigenvalue weighted by Gasteiger charge is 2.22. The molecule has 0 spiro atoms. The van der Waals surface area contributed by atoms with Crippen LogP contribution in [0.15, 0.2) is 48.7 Å². The van der Waals surface area contributed by atoms with Crippen molar-refractivity contribution in [2.45, 2.75) is 19.8 Å². The largest absolute Gasteiger partial charge is 0.450 e. The Morgan fingerprint density at radius 1 is 1.07 bits per heavy atom. The fourth-order valence-electron chi connectivity index (χ4n) is 3.28. The van der Waals surface area contributed by atoms with E-state index in [1.165, 1.54) is 5.56 Å². The SMILES string of the molecule is CCOC(=O)N1CCN(c2ccc(C(=O)NCCCc3ccccc3)cn2)CC1. The standard InChI is InChI=1S/C22H28N4O3/c1-2-29-22(28)26-15-13-25(14-16-26)20-11-10-19(17-24-20)21(27)23-12-6-9-18-7-4-3-5-8-18/h3-5,7-8,10-11,17H,2,6,9,12-16H2,1H3,(H,23,27). The molecule has 7 heteroatoms. The Labute approximate surface area is 171 Å². The number of aromatic nitrogens is 1. The normalized spacial score (nSPS) is 13.8. The highest BCUT2D eigenvalue weighted by atomic mass is 16.6. The van der Waals surface area contributed by atoms with Gasteiger partial charge < -0.3 is 19.9 Å². The lowest BCUT2D eigenvalue weighted by molar-refractivity contribution is 0.0952. The predicted octanol–water partition coefficient (Wildman–Crippen LogP) is 2.72. The van der Waals surface area contributed by atoms with Crippen molar-refractivity contribution in [2.24, 2.45) is 0 Å². The van der Waals surface area contributed by atoms with Crippen LogP contribution in [-0.2, 0) is 11.2 Å². The van der Waals surface area contributed by atoms with Crippen molar-refractivity contribution in [3.63, 3.8) is 0 Å². The van der Waals surface area contributed by atoms with Gasteiger partial charge in [-0.1, -0.05) is 30.3 Å². The fourth-order valence-corrected chi connectivity index (χ4v) is 3.28. The van der Waals surface area contributed by atoms with Crippen LogP contribution in [0.2, 0.25) is 0 Å². The molecular weight excluding hydrogens is 368 g/mol. The molecule has 1 aromatic carbocycles. The number of ether oxygens (including phenoxy) is 1. The lowest BCUT2D eigenvalue weighted by Gasteiger charge is -2.34. The minimum absolute atomic E-state index is 0.107. The van der Waals surface area contributed by atoms with E-state index in [2.05, 4.69) is 27.3 Å². The molecule has 0 atom stereocenters. The van der Waals surface area contributed by atoms with Crippen LogP contribution < -0.4 is 10.2 Å². The number of aryl methyl sites for hydroxylation is 1. The first-order valence-corrected chi connectivity index (χ1v) is 10.1. The van der Waals surface area contributed by atoms with Gasteiger partial charge in [0, 0.05) is 38.9 Å². The molecule has 0 radical (unpaired) electrons. The Morgan fingerprint density at radius 2 is 1.83 bits per heavy atom. The average molecular weight is 396 g/mol. The topological polar surface area (TPSA) is 74.8 Å². The van der Waals surface area contributed by atoms with Gasteiger partial charge in [0.2, 0.25) is 0 Å². The van der Waals surface area contributed by atoms with Crippen LogP contribution in [0.3, 0.4) is 0 Å². The molecule has 1 aromatic heterocycles. The Balaban J connectivity index is 1.42.